The lowest BCUT2D eigenvalue weighted by atomic mass is 10.3. The summed E-state index contributed by atoms with van der Waals surface area (Å²) in [5, 5.41) is 8.77. The molecular formula is C12H14ClN3. The molecule has 0 amide bonds. The number of hydrogen-bond donors (Lipinski definition) is 0. The number of hydrogen-bond acceptors (Lipinski definition) is 3. The third kappa shape index (κ3) is 3.35. The Labute approximate surface area is 100 Å². The average Bonchev–Trinajstić information content (AvgIpc) is 2.80. The van der Waals surface area contributed by atoms with Gasteiger partial charge < -0.3 is 4.90 Å². The molecule has 0 saturated carbocycles. The Morgan fingerprint density at radius 3 is 2.50 bits per heavy atom. The van der Waals surface area contributed by atoms with E-state index in [0.717, 1.165) is 18.8 Å². The zero-order valence-corrected chi connectivity index (χ0v) is 9.77. The second-order valence-electron chi connectivity index (χ2n) is 3.73. The molecule has 16 heavy (non-hydrogen) atoms. The van der Waals surface area contributed by atoms with Crippen LogP contribution in [0.3, 0.4) is 0 Å². The van der Waals surface area contributed by atoms with E-state index < -0.39 is 0 Å². The van der Waals surface area contributed by atoms with Crippen LogP contribution in [0.4, 0.5) is 5.69 Å². The largest absolute Gasteiger partial charge is 0.376 e. The summed E-state index contributed by atoms with van der Waals surface area (Å²) in [6.07, 6.45) is 6.28. The van der Waals surface area contributed by atoms with Crippen molar-refractivity contribution in [3.05, 3.63) is 41.7 Å². The highest BCUT2D eigenvalue weighted by Gasteiger charge is 2.05. The number of rotatable bonds is 3. The number of benzene rings is 1. The molecule has 3 nitrogen and oxygen atoms in total. The van der Waals surface area contributed by atoms with Gasteiger partial charge in [0.15, 0.2) is 0 Å². The summed E-state index contributed by atoms with van der Waals surface area (Å²) in [4.78, 5) is 2.25. The van der Waals surface area contributed by atoms with Crippen LogP contribution in [0.5, 0.6) is 0 Å². The first-order valence-electron chi connectivity index (χ1n) is 5.42. The van der Waals surface area contributed by atoms with Crippen LogP contribution in [-0.4, -0.2) is 18.0 Å². The lowest BCUT2D eigenvalue weighted by Gasteiger charge is -2.08. The molecule has 4 heteroatoms. The molecule has 2 rings (SSSR count). The van der Waals surface area contributed by atoms with Crippen molar-refractivity contribution < 1.29 is 0 Å². The van der Waals surface area contributed by atoms with E-state index in [1.165, 1.54) is 12.8 Å². The fourth-order valence-electron chi connectivity index (χ4n) is 1.62. The molecule has 0 aliphatic carbocycles. The van der Waals surface area contributed by atoms with E-state index in [1.54, 1.807) is 18.3 Å². The van der Waals surface area contributed by atoms with Crippen molar-refractivity contribution in [1.29, 1.82) is 0 Å². The van der Waals surface area contributed by atoms with Crippen LogP contribution in [0.1, 0.15) is 12.8 Å². The van der Waals surface area contributed by atoms with Gasteiger partial charge in [0.25, 0.3) is 0 Å². The van der Waals surface area contributed by atoms with Gasteiger partial charge in [-0.05, 0) is 37.1 Å². The number of halogens is 1. The summed E-state index contributed by atoms with van der Waals surface area (Å²) in [6, 6.07) is 7.30. The third-order valence-corrected chi connectivity index (χ3v) is 2.74. The van der Waals surface area contributed by atoms with Gasteiger partial charge in [0.1, 0.15) is 0 Å². The van der Waals surface area contributed by atoms with E-state index in [4.69, 9.17) is 11.6 Å². The zero-order chi connectivity index (χ0) is 11.2. The SMILES string of the molecule is Clc1ccc(N=N/C=C/N2CCCC2)cc1. The van der Waals surface area contributed by atoms with Gasteiger partial charge in [-0.2, -0.15) is 10.2 Å². The van der Waals surface area contributed by atoms with Crippen molar-refractivity contribution >= 4 is 17.3 Å². The highest BCUT2D eigenvalue weighted by atomic mass is 35.5. The molecule has 0 unspecified atom stereocenters. The first-order valence-corrected chi connectivity index (χ1v) is 5.79. The minimum absolute atomic E-state index is 0.714. The molecule has 0 spiro atoms. The molecule has 0 radical (unpaired) electrons. The summed E-state index contributed by atoms with van der Waals surface area (Å²) in [7, 11) is 0. The molecule has 84 valence electrons. The lowest BCUT2D eigenvalue weighted by Crippen LogP contribution is -2.09. The van der Waals surface area contributed by atoms with Crippen LogP contribution in [0.15, 0.2) is 46.9 Å². The van der Waals surface area contributed by atoms with Crippen molar-refractivity contribution in [3.8, 4) is 0 Å². The smallest absolute Gasteiger partial charge is 0.0857 e. The monoisotopic (exact) mass is 235 g/mol. The summed E-state index contributed by atoms with van der Waals surface area (Å²) < 4.78 is 0. The second kappa shape index (κ2) is 5.66. The Bertz CT molecular complexity index is 378. The molecule has 1 aromatic rings. The van der Waals surface area contributed by atoms with Gasteiger partial charge in [-0.15, -0.1) is 0 Å². The molecule has 1 saturated heterocycles. The van der Waals surface area contributed by atoms with Crippen molar-refractivity contribution in [2.45, 2.75) is 12.8 Å². The molecule has 1 aliphatic rings. The first-order chi connectivity index (χ1) is 7.84. The van der Waals surface area contributed by atoms with Crippen LogP contribution >= 0.6 is 11.6 Å². The summed E-state index contributed by atoms with van der Waals surface area (Å²) >= 11 is 5.77. The van der Waals surface area contributed by atoms with Crippen molar-refractivity contribution in [2.24, 2.45) is 10.2 Å². The topological polar surface area (TPSA) is 28.0 Å². The third-order valence-electron chi connectivity index (χ3n) is 2.48. The van der Waals surface area contributed by atoms with Gasteiger partial charge in [-0.3, -0.25) is 0 Å². The average molecular weight is 236 g/mol. The Hall–Kier alpha value is -1.35. The van der Waals surface area contributed by atoms with Crippen LogP contribution in [-0.2, 0) is 0 Å². The normalized spacial score (nSPS) is 16.7. The van der Waals surface area contributed by atoms with Crippen molar-refractivity contribution in [1.82, 2.24) is 4.90 Å². The maximum Gasteiger partial charge on any atom is 0.0857 e. The summed E-state index contributed by atoms with van der Waals surface area (Å²) in [5.41, 5.74) is 0.815. The minimum Gasteiger partial charge on any atom is -0.376 e. The molecule has 0 aromatic heterocycles. The molecule has 0 N–H and O–H groups in total. The van der Waals surface area contributed by atoms with Crippen LogP contribution < -0.4 is 0 Å². The van der Waals surface area contributed by atoms with Gasteiger partial charge in [0, 0.05) is 24.3 Å². The van der Waals surface area contributed by atoms with E-state index in [1.807, 2.05) is 18.3 Å². The molecule has 0 atom stereocenters. The molecule has 1 aromatic carbocycles. The molecule has 1 aliphatic heterocycles. The zero-order valence-electron chi connectivity index (χ0n) is 9.01. The number of nitrogens with zero attached hydrogens (tertiary/aromatic N) is 3. The van der Waals surface area contributed by atoms with E-state index in [9.17, 15) is 0 Å². The highest BCUT2D eigenvalue weighted by Crippen LogP contribution is 2.16. The van der Waals surface area contributed by atoms with E-state index in [-0.39, 0.29) is 0 Å². The van der Waals surface area contributed by atoms with Gasteiger partial charge in [-0.25, -0.2) is 0 Å². The van der Waals surface area contributed by atoms with E-state index in [2.05, 4.69) is 15.1 Å². The minimum atomic E-state index is 0.714. The standard InChI is InChI=1S/C12H14ClN3/c13-11-3-5-12(6-4-11)15-14-7-10-16-8-1-2-9-16/h3-7,10H,1-2,8-9H2/b10-7+,15-14?. The lowest BCUT2D eigenvalue weighted by molar-refractivity contribution is 0.467. The van der Waals surface area contributed by atoms with E-state index in [0.29, 0.717) is 5.02 Å². The Morgan fingerprint density at radius 2 is 1.81 bits per heavy atom. The van der Waals surface area contributed by atoms with Crippen LogP contribution in [0.2, 0.25) is 5.02 Å². The Balaban J connectivity index is 1.86. The van der Waals surface area contributed by atoms with E-state index >= 15 is 0 Å². The Kier molecular flexibility index (Phi) is 3.94. The molecule has 1 fully saturated rings. The molecule has 1 heterocycles. The predicted octanol–water partition coefficient (Wildman–Crippen LogP) is 3.99. The quantitative estimate of drug-likeness (QED) is 0.728. The molecule has 0 bridgehead atoms. The fraction of sp³-hybridized carbons (Fsp3) is 0.333. The summed E-state index contributed by atoms with van der Waals surface area (Å²) in [6.45, 7) is 2.26. The van der Waals surface area contributed by atoms with Crippen molar-refractivity contribution in [3.63, 3.8) is 0 Å². The van der Waals surface area contributed by atoms with Crippen LogP contribution in [0.25, 0.3) is 0 Å². The maximum atomic E-state index is 5.77. The summed E-state index contributed by atoms with van der Waals surface area (Å²) in [5.74, 6) is 0. The molecular weight excluding hydrogens is 222 g/mol. The van der Waals surface area contributed by atoms with Gasteiger partial charge in [-0.1, -0.05) is 11.6 Å². The van der Waals surface area contributed by atoms with Crippen LogP contribution in [0, 0.1) is 0 Å². The van der Waals surface area contributed by atoms with Gasteiger partial charge >= 0.3 is 0 Å². The Morgan fingerprint density at radius 1 is 1.12 bits per heavy atom. The predicted molar refractivity (Wildman–Crippen MR) is 65.9 cm³/mol. The maximum absolute atomic E-state index is 5.77. The van der Waals surface area contributed by atoms with Gasteiger partial charge in [0.05, 0.1) is 11.9 Å². The first kappa shape index (κ1) is 11.1. The second-order valence-corrected chi connectivity index (χ2v) is 4.17. The number of azo groups is 1. The highest BCUT2D eigenvalue weighted by molar-refractivity contribution is 6.30. The number of likely N-dealkylation sites (tertiary alicyclic amines) is 1. The van der Waals surface area contributed by atoms with Crippen molar-refractivity contribution in [2.75, 3.05) is 13.1 Å². The van der Waals surface area contributed by atoms with Gasteiger partial charge in [0.2, 0.25) is 0 Å². The fourth-order valence-corrected chi connectivity index (χ4v) is 1.75.